The summed E-state index contributed by atoms with van der Waals surface area (Å²) >= 11 is 1.46. The van der Waals surface area contributed by atoms with Crippen LogP contribution in [0.15, 0.2) is 66.7 Å². The molecule has 0 aliphatic carbocycles. The molecule has 5 rings (SSSR count). The molecule has 0 spiro atoms. The van der Waals surface area contributed by atoms with Crippen molar-refractivity contribution < 1.29 is 19.4 Å². The summed E-state index contributed by atoms with van der Waals surface area (Å²) in [6, 6.07) is 21.7. The Hall–Kier alpha value is -3.24. The minimum atomic E-state index is -0.444. The molecule has 3 aromatic rings. The summed E-state index contributed by atoms with van der Waals surface area (Å²) < 4.78 is 5.70. The molecule has 0 bridgehead atoms. The zero-order chi connectivity index (χ0) is 27.0. The van der Waals surface area contributed by atoms with Gasteiger partial charge >= 0.3 is 6.09 Å². The topological polar surface area (TPSA) is 85.4 Å². The van der Waals surface area contributed by atoms with E-state index in [1.54, 1.807) is 5.01 Å². The van der Waals surface area contributed by atoms with Crippen molar-refractivity contribution in [3.05, 3.63) is 76.5 Å². The number of nitrogens with one attached hydrogen (secondary N) is 1. The molecule has 8 nitrogen and oxygen atoms in total. The summed E-state index contributed by atoms with van der Waals surface area (Å²) in [5.74, 6) is -0.175. The van der Waals surface area contributed by atoms with Gasteiger partial charge in [-0.15, -0.1) is 11.3 Å². The van der Waals surface area contributed by atoms with E-state index in [2.05, 4.69) is 15.2 Å². The molecule has 1 unspecified atom stereocenters. The summed E-state index contributed by atoms with van der Waals surface area (Å²) in [6.45, 7) is 4.16. The number of anilines is 1. The van der Waals surface area contributed by atoms with E-state index in [4.69, 9.17) is 4.74 Å². The first-order valence-electron chi connectivity index (χ1n) is 13.7. The van der Waals surface area contributed by atoms with Gasteiger partial charge in [-0.05, 0) is 43.0 Å². The number of rotatable bonds is 9. The van der Waals surface area contributed by atoms with Crippen LogP contribution < -0.4 is 10.3 Å². The van der Waals surface area contributed by atoms with E-state index in [1.807, 2.05) is 66.7 Å². The molecular weight excluding hydrogens is 512 g/mol. The van der Waals surface area contributed by atoms with Crippen LogP contribution in [0.25, 0.3) is 11.1 Å². The maximum absolute atomic E-state index is 13.5. The first kappa shape index (κ1) is 27.3. The minimum Gasteiger partial charge on any atom is -0.446 e. The van der Waals surface area contributed by atoms with Crippen molar-refractivity contribution in [1.82, 2.24) is 15.2 Å². The molecule has 39 heavy (non-hydrogen) atoms. The molecule has 2 aromatic carbocycles. The van der Waals surface area contributed by atoms with Gasteiger partial charge in [0.15, 0.2) is 0 Å². The van der Waals surface area contributed by atoms with Gasteiger partial charge in [-0.3, -0.25) is 9.69 Å². The first-order chi connectivity index (χ1) is 19.1. The second-order valence-electron chi connectivity index (χ2n) is 10.0. The fraction of sp³-hybridized carbons (Fsp3) is 0.400. The molecule has 0 radical (unpaired) electrons. The maximum Gasteiger partial charge on any atom is 0.429 e. The monoisotopic (exact) mass is 548 g/mol. The minimum absolute atomic E-state index is 0.0757. The smallest absolute Gasteiger partial charge is 0.429 e. The highest BCUT2D eigenvalue weighted by molar-refractivity contribution is 7.14. The number of aliphatic hydroxyl groups is 1. The van der Waals surface area contributed by atoms with Gasteiger partial charge in [0.2, 0.25) is 0 Å². The Labute approximate surface area is 233 Å². The number of hydrogen-bond acceptors (Lipinski definition) is 7. The molecule has 2 fully saturated rings. The van der Waals surface area contributed by atoms with Gasteiger partial charge < -0.3 is 15.2 Å². The first-order valence-corrected chi connectivity index (χ1v) is 14.5. The summed E-state index contributed by atoms with van der Waals surface area (Å²) in [4.78, 5) is 30.1. The fourth-order valence-corrected chi connectivity index (χ4v) is 6.14. The lowest BCUT2D eigenvalue weighted by Crippen LogP contribution is -2.50. The third-order valence-electron chi connectivity index (χ3n) is 7.13. The van der Waals surface area contributed by atoms with Crippen LogP contribution in [-0.2, 0) is 11.3 Å². The molecule has 206 valence electrons. The molecule has 2 aliphatic heterocycles. The number of ether oxygens (including phenoxy) is 1. The van der Waals surface area contributed by atoms with Gasteiger partial charge in [0.1, 0.15) is 6.61 Å². The van der Waals surface area contributed by atoms with Crippen molar-refractivity contribution in [1.29, 1.82) is 0 Å². The Kier molecular flexibility index (Phi) is 9.26. The molecule has 1 aromatic heterocycles. The highest BCUT2D eigenvalue weighted by atomic mass is 32.1. The number of thiophene rings is 1. The Morgan fingerprint density at radius 1 is 0.974 bits per heavy atom. The molecule has 2 amide bonds. The molecule has 0 saturated carbocycles. The van der Waals surface area contributed by atoms with Crippen LogP contribution in [0, 0.1) is 0 Å². The van der Waals surface area contributed by atoms with Gasteiger partial charge in [0.25, 0.3) is 5.91 Å². The molecular formula is C30H36N4O4S. The molecule has 2 N–H and O–H groups in total. The van der Waals surface area contributed by atoms with Crippen LogP contribution >= 0.6 is 11.3 Å². The van der Waals surface area contributed by atoms with Crippen LogP contribution in [0.1, 0.15) is 40.2 Å². The number of para-hydroxylation sites is 1. The molecule has 2 aliphatic rings. The number of β-amino-alcohol motifs (C(OH)–C–C–N with tert-alkyl or cyclic N) is 1. The standard InChI is InChI=1S/C30H36N4O4S/c35-24-15-19-32(21-24)22-25-13-14-28(39-25)29(36)31-16-20-38-30(37)34(33-17-7-2-8-18-33)27-12-6-5-11-26(27)23-9-3-1-4-10-23/h1,3-6,9-14,24,35H,2,7-8,15-22H2,(H,31,36). The highest BCUT2D eigenvalue weighted by Crippen LogP contribution is 2.33. The van der Waals surface area contributed by atoms with E-state index in [0.717, 1.165) is 73.6 Å². The van der Waals surface area contributed by atoms with Gasteiger partial charge in [0, 0.05) is 43.2 Å². The van der Waals surface area contributed by atoms with E-state index in [9.17, 15) is 14.7 Å². The van der Waals surface area contributed by atoms with Crippen LogP contribution in [0.5, 0.6) is 0 Å². The van der Waals surface area contributed by atoms with Crippen molar-refractivity contribution >= 4 is 29.0 Å². The number of aliphatic hydroxyl groups excluding tert-OH is 1. The lowest BCUT2D eigenvalue weighted by Gasteiger charge is -2.37. The van der Waals surface area contributed by atoms with Crippen molar-refractivity contribution in [2.45, 2.75) is 38.3 Å². The quantitative estimate of drug-likeness (QED) is 0.375. The summed E-state index contributed by atoms with van der Waals surface area (Å²) in [5, 5.41) is 16.3. The third-order valence-corrected chi connectivity index (χ3v) is 8.20. The summed E-state index contributed by atoms with van der Waals surface area (Å²) in [6.07, 6.45) is 3.29. The summed E-state index contributed by atoms with van der Waals surface area (Å²) in [5.41, 5.74) is 2.79. The number of likely N-dealkylation sites (tertiary alicyclic amines) is 1. The Balaban J connectivity index is 1.19. The summed E-state index contributed by atoms with van der Waals surface area (Å²) in [7, 11) is 0. The van der Waals surface area contributed by atoms with Gasteiger partial charge in [-0.2, -0.15) is 0 Å². The third kappa shape index (κ3) is 7.05. The molecule has 9 heteroatoms. The van der Waals surface area contributed by atoms with Crippen molar-refractivity contribution in [3.8, 4) is 11.1 Å². The number of carbonyl (C=O) groups excluding carboxylic acids is 2. The fourth-order valence-electron chi connectivity index (χ4n) is 5.18. The largest absolute Gasteiger partial charge is 0.446 e. The van der Waals surface area contributed by atoms with Gasteiger partial charge in [-0.1, -0.05) is 55.0 Å². The SMILES string of the molecule is O=C(NCCOC(=O)N(c1ccccc1-c1ccccc1)N1CCCCC1)c1ccc(CN2CCC(O)C2)s1. The van der Waals surface area contributed by atoms with Gasteiger partial charge in [0.05, 0.1) is 23.2 Å². The van der Waals surface area contributed by atoms with Crippen LogP contribution in [0.3, 0.4) is 0 Å². The van der Waals surface area contributed by atoms with Crippen LogP contribution in [0.2, 0.25) is 0 Å². The number of amides is 2. The maximum atomic E-state index is 13.5. The second-order valence-corrected chi connectivity index (χ2v) is 11.2. The molecule has 3 heterocycles. The van der Waals surface area contributed by atoms with E-state index in [0.29, 0.717) is 11.4 Å². The van der Waals surface area contributed by atoms with Crippen molar-refractivity contribution in [2.24, 2.45) is 0 Å². The van der Waals surface area contributed by atoms with E-state index >= 15 is 0 Å². The van der Waals surface area contributed by atoms with E-state index in [-0.39, 0.29) is 25.2 Å². The Bertz CT molecular complexity index is 1240. The highest BCUT2D eigenvalue weighted by Gasteiger charge is 2.28. The number of nitrogens with zero attached hydrogens (tertiary/aromatic N) is 3. The zero-order valence-electron chi connectivity index (χ0n) is 22.1. The van der Waals surface area contributed by atoms with E-state index < -0.39 is 6.09 Å². The van der Waals surface area contributed by atoms with Crippen LogP contribution in [0.4, 0.5) is 10.5 Å². The second kappa shape index (κ2) is 13.2. The average Bonchev–Trinajstić information content (AvgIpc) is 3.61. The van der Waals surface area contributed by atoms with E-state index in [1.165, 1.54) is 11.3 Å². The Morgan fingerprint density at radius 2 is 1.74 bits per heavy atom. The number of piperidine rings is 1. The number of carbonyl (C=O) groups is 2. The zero-order valence-corrected chi connectivity index (χ0v) is 22.9. The number of hydrogen-bond donors (Lipinski definition) is 2. The lowest BCUT2D eigenvalue weighted by atomic mass is 10.0. The lowest BCUT2D eigenvalue weighted by molar-refractivity contribution is 0.0929. The van der Waals surface area contributed by atoms with Crippen molar-refractivity contribution in [3.63, 3.8) is 0 Å². The van der Waals surface area contributed by atoms with Crippen molar-refractivity contribution in [2.75, 3.05) is 44.3 Å². The number of hydrazine groups is 1. The van der Waals surface area contributed by atoms with Gasteiger partial charge in [-0.25, -0.2) is 14.8 Å². The predicted molar refractivity (Wildman–Crippen MR) is 154 cm³/mol. The van der Waals surface area contributed by atoms with Crippen LogP contribution in [-0.4, -0.2) is 72.5 Å². The predicted octanol–water partition coefficient (Wildman–Crippen LogP) is 4.76. The normalized spacial score (nSPS) is 18.1. The molecule has 2 saturated heterocycles. The Morgan fingerprint density at radius 3 is 2.51 bits per heavy atom. The average molecular weight is 549 g/mol. The number of benzene rings is 2. The molecule has 1 atom stereocenters.